The minimum Gasteiger partial charge on any atom is -0.370 e. The van der Waals surface area contributed by atoms with Crippen LogP contribution in [0.4, 0.5) is 24.5 Å². The zero-order chi connectivity index (χ0) is 13.7. The van der Waals surface area contributed by atoms with Crippen LogP contribution in [0.25, 0.3) is 0 Å². The topological polar surface area (TPSA) is 41.1 Å². The van der Waals surface area contributed by atoms with Crippen LogP contribution in [0.15, 0.2) is 18.2 Å². The van der Waals surface area contributed by atoms with Gasteiger partial charge in [0.05, 0.1) is 16.9 Å². The second kappa shape index (κ2) is 3.88. The minimum absolute atomic E-state index is 0.141. The maximum atomic E-state index is 12.7. The summed E-state index contributed by atoms with van der Waals surface area (Å²) in [5.74, 6) is -0.141. The van der Waals surface area contributed by atoms with Crippen LogP contribution in [0.3, 0.4) is 0 Å². The van der Waals surface area contributed by atoms with Gasteiger partial charge in [-0.2, -0.15) is 13.2 Å². The van der Waals surface area contributed by atoms with E-state index in [0.29, 0.717) is 24.2 Å². The number of halogens is 3. The van der Waals surface area contributed by atoms with Crippen molar-refractivity contribution in [2.75, 3.05) is 10.6 Å². The van der Waals surface area contributed by atoms with E-state index in [1.807, 2.05) is 0 Å². The first kappa shape index (κ1) is 12.3. The van der Waals surface area contributed by atoms with Gasteiger partial charge in [-0.15, -0.1) is 0 Å². The van der Waals surface area contributed by atoms with Crippen molar-refractivity contribution in [1.29, 1.82) is 0 Å². The van der Waals surface area contributed by atoms with Gasteiger partial charge in [0.1, 0.15) is 5.54 Å². The van der Waals surface area contributed by atoms with E-state index in [9.17, 15) is 18.0 Å². The van der Waals surface area contributed by atoms with Gasteiger partial charge in [-0.1, -0.05) is 12.8 Å². The van der Waals surface area contributed by atoms with Crippen LogP contribution in [-0.2, 0) is 11.0 Å². The summed E-state index contributed by atoms with van der Waals surface area (Å²) in [6, 6.07) is 3.34. The van der Waals surface area contributed by atoms with Gasteiger partial charge in [-0.05, 0) is 31.0 Å². The monoisotopic (exact) mass is 270 g/mol. The Balaban J connectivity index is 2.00. The average molecular weight is 270 g/mol. The third-order valence-electron chi connectivity index (χ3n) is 3.86. The molecule has 1 heterocycles. The number of anilines is 2. The van der Waals surface area contributed by atoms with Crippen LogP contribution in [0.2, 0.25) is 0 Å². The van der Waals surface area contributed by atoms with Crippen LogP contribution in [0.5, 0.6) is 0 Å². The maximum Gasteiger partial charge on any atom is 0.416 e. The second-order valence-corrected chi connectivity index (χ2v) is 5.13. The van der Waals surface area contributed by atoms with E-state index in [1.165, 1.54) is 6.07 Å². The van der Waals surface area contributed by atoms with Crippen molar-refractivity contribution >= 4 is 17.3 Å². The number of nitrogens with one attached hydrogen (secondary N) is 2. The smallest absolute Gasteiger partial charge is 0.370 e. The molecule has 0 atom stereocenters. The van der Waals surface area contributed by atoms with E-state index in [4.69, 9.17) is 0 Å². The minimum atomic E-state index is -4.37. The molecule has 2 N–H and O–H groups in total. The fourth-order valence-electron chi connectivity index (χ4n) is 2.82. The van der Waals surface area contributed by atoms with E-state index in [-0.39, 0.29) is 5.91 Å². The van der Waals surface area contributed by atoms with Crippen molar-refractivity contribution in [2.45, 2.75) is 37.4 Å². The van der Waals surface area contributed by atoms with Crippen LogP contribution in [0, 0.1) is 0 Å². The number of benzene rings is 1. The van der Waals surface area contributed by atoms with Gasteiger partial charge in [-0.25, -0.2) is 0 Å². The molecule has 0 saturated heterocycles. The quantitative estimate of drug-likeness (QED) is 0.758. The molecule has 102 valence electrons. The summed E-state index contributed by atoms with van der Waals surface area (Å²) in [6.07, 6.45) is -1.23. The molecule has 1 aliphatic heterocycles. The molecule has 1 aliphatic carbocycles. The zero-order valence-electron chi connectivity index (χ0n) is 10.1. The van der Waals surface area contributed by atoms with Crippen molar-refractivity contribution in [3.8, 4) is 0 Å². The Morgan fingerprint density at radius 1 is 1.11 bits per heavy atom. The number of rotatable bonds is 0. The number of alkyl halides is 3. The first-order valence-corrected chi connectivity index (χ1v) is 6.22. The molecular weight excluding hydrogens is 257 g/mol. The Labute approximate surface area is 108 Å². The molecule has 1 aromatic carbocycles. The van der Waals surface area contributed by atoms with Crippen molar-refractivity contribution in [2.24, 2.45) is 0 Å². The molecule has 0 radical (unpaired) electrons. The summed E-state index contributed by atoms with van der Waals surface area (Å²) >= 11 is 0. The van der Waals surface area contributed by atoms with Gasteiger partial charge in [0.25, 0.3) is 0 Å². The van der Waals surface area contributed by atoms with Gasteiger partial charge in [0.2, 0.25) is 5.91 Å². The lowest BCUT2D eigenvalue weighted by Crippen LogP contribution is -2.50. The van der Waals surface area contributed by atoms with E-state index >= 15 is 0 Å². The van der Waals surface area contributed by atoms with Crippen LogP contribution < -0.4 is 10.6 Å². The van der Waals surface area contributed by atoms with Gasteiger partial charge in [-0.3, -0.25) is 4.79 Å². The Kier molecular flexibility index (Phi) is 2.52. The summed E-state index contributed by atoms with van der Waals surface area (Å²) in [4.78, 5) is 12.1. The van der Waals surface area contributed by atoms with Crippen molar-refractivity contribution < 1.29 is 18.0 Å². The van der Waals surface area contributed by atoms with Gasteiger partial charge in [0, 0.05) is 0 Å². The van der Waals surface area contributed by atoms with E-state index in [0.717, 1.165) is 25.0 Å². The predicted molar refractivity (Wildman–Crippen MR) is 64.9 cm³/mol. The zero-order valence-corrected chi connectivity index (χ0v) is 10.1. The molecule has 0 unspecified atom stereocenters. The Morgan fingerprint density at radius 3 is 2.42 bits per heavy atom. The fourth-order valence-corrected chi connectivity index (χ4v) is 2.82. The number of fused-ring (bicyclic) bond motifs is 1. The Morgan fingerprint density at radius 2 is 1.79 bits per heavy atom. The van der Waals surface area contributed by atoms with E-state index in [2.05, 4.69) is 10.6 Å². The number of hydrogen-bond donors (Lipinski definition) is 2. The van der Waals surface area contributed by atoms with Gasteiger partial charge >= 0.3 is 6.18 Å². The standard InChI is InChI=1S/C13H13F3N2O/c14-13(15,16)8-3-4-9-10(7-8)18-12(11(19)17-9)5-1-2-6-12/h3-4,7,18H,1-2,5-6H2,(H,17,19). The largest absolute Gasteiger partial charge is 0.416 e. The molecule has 1 fully saturated rings. The number of amides is 1. The highest BCUT2D eigenvalue weighted by Crippen LogP contribution is 2.42. The lowest BCUT2D eigenvalue weighted by Gasteiger charge is -2.35. The first-order chi connectivity index (χ1) is 8.91. The molecule has 19 heavy (non-hydrogen) atoms. The van der Waals surface area contributed by atoms with Crippen LogP contribution in [-0.4, -0.2) is 11.4 Å². The first-order valence-electron chi connectivity index (χ1n) is 6.22. The number of carbonyl (C=O) groups is 1. The molecule has 1 aromatic rings. The summed E-state index contributed by atoms with van der Waals surface area (Å²) < 4.78 is 38.1. The summed E-state index contributed by atoms with van der Waals surface area (Å²) in [7, 11) is 0. The van der Waals surface area contributed by atoms with Crippen molar-refractivity contribution in [3.63, 3.8) is 0 Å². The summed E-state index contributed by atoms with van der Waals surface area (Å²) in [6.45, 7) is 0. The van der Waals surface area contributed by atoms with Crippen LogP contribution in [0.1, 0.15) is 31.2 Å². The average Bonchev–Trinajstić information content (AvgIpc) is 2.78. The SMILES string of the molecule is O=C1Nc2ccc(C(F)(F)F)cc2NC12CCCC2. The molecule has 1 spiro atoms. The number of hydrogen-bond acceptors (Lipinski definition) is 2. The highest BCUT2D eigenvalue weighted by molar-refractivity contribution is 6.06. The van der Waals surface area contributed by atoms with Crippen LogP contribution >= 0.6 is 0 Å². The summed E-state index contributed by atoms with van der Waals surface area (Å²) in [5, 5.41) is 5.73. The second-order valence-electron chi connectivity index (χ2n) is 5.13. The normalized spacial score (nSPS) is 20.9. The molecular formula is C13H13F3N2O. The van der Waals surface area contributed by atoms with Gasteiger partial charge < -0.3 is 10.6 Å². The lowest BCUT2D eigenvalue weighted by atomic mass is 9.92. The van der Waals surface area contributed by atoms with E-state index in [1.54, 1.807) is 0 Å². The van der Waals surface area contributed by atoms with Crippen molar-refractivity contribution in [3.05, 3.63) is 23.8 Å². The summed E-state index contributed by atoms with van der Waals surface area (Å²) in [5.41, 5.74) is -0.660. The fraction of sp³-hybridized carbons (Fsp3) is 0.462. The molecule has 0 aromatic heterocycles. The molecule has 1 saturated carbocycles. The Bertz CT molecular complexity index is 533. The molecule has 3 rings (SSSR count). The number of carbonyl (C=O) groups excluding carboxylic acids is 1. The molecule has 3 nitrogen and oxygen atoms in total. The lowest BCUT2D eigenvalue weighted by molar-refractivity contribution is -0.137. The van der Waals surface area contributed by atoms with Gasteiger partial charge in [0.15, 0.2) is 0 Å². The maximum absolute atomic E-state index is 12.7. The predicted octanol–water partition coefficient (Wildman–Crippen LogP) is 3.38. The third kappa shape index (κ3) is 1.95. The molecule has 2 aliphatic rings. The molecule has 0 bridgehead atoms. The van der Waals surface area contributed by atoms with E-state index < -0.39 is 17.3 Å². The highest BCUT2D eigenvalue weighted by Gasteiger charge is 2.44. The Hall–Kier alpha value is -1.72. The molecule has 6 heteroatoms. The third-order valence-corrected chi connectivity index (χ3v) is 3.86. The van der Waals surface area contributed by atoms with Crippen molar-refractivity contribution in [1.82, 2.24) is 0 Å². The highest BCUT2D eigenvalue weighted by atomic mass is 19.4. The molecule has 1 amide bonds.